The quantitative estimate of drug-likeness (QED) is 0.673. The Bertz CT molecular complexity index is 948. The summed E-state index contributed by atoms with van der Waals surface area (Å²) in [5.41, 5.74) is 2.54. The average Bonchev–Trinajstić information content (AvgIpc) is 3.28. The fourth-order valence-corrected chi connectivity index (χ4v) is 3.41. The van der Waals surface area contributed by atoms with E-state index in [0.29, 0.717) is 31.3 Å². The molecule has 148 valence electrons. The maximum atomic E-state index is 14.4. The number of H-pyrrole nitrogens is 1. The van der Waals surface area contributed by atoms with E-state index < -0.39 is 12.3 Å². The van der Waals surface area contributed by atoms with Crippen LogP contribution in [-0.4, -0.2) is 59.4 Å². The number of aromatic nitrogens is 3. The van der Waals surface area contributed by atoms with E-state index in [1.165, 1.54) is 0 Å². The predicted octanol–water partition coefficient (Wildman–Crippen LogP) is 2.71. The number of benzene rings is 1. The van der Waals surface area contributed by atoms with Crippen molar-refractivity contribution in [1.82, 2.24) is 19.9 Å². The predicted molar refractivity (Wildman–Crippen MR) is 102 cm³/mol. The van der Waals surface area contributed by atoms with Crippen molar-refractivity contribution in [3.8, 4) is 11.6 Å². The Morgan fingerprint density at radius 2 is 2.04 bits per heavy atom. The monoisotopic (exact) mass is 386 g/mol. The van der Waals surface area contributed by atoms with Crippen molar-refractivity contribution in [3.63, 3.8) is 0 Å². The Morgan fingerprint density at radius 3 is 2.86 bits per heavy atom. The highest BCUT2D eigenvalue weighted by atomic mass is 19.1. The standard InChI is InChI=1S/C20H23FN4O3/c1-26-14-6-7-16-17(8-14)24-19(23-16)12-28-18-11-25(10-15(18)21)9-13-4-3-5-20(22-13)27-2/h3-8,15,18H,9-12H2,1-2H3,(H,23,24)/t15-,18+/m1/s1. The lowest BCUT2D eigenvalue weighted by molar-refractivity contribution is 0.00861. The number of methoxy groups -OCH3 is 2. The first-order chi connectivity index (χ1) is 13.6. The molecule has 1 aliphatic heterocycles. The van der Waals surface area contributed by atoms with Crippen LogP contribution in [0.3, 0.4) is 0 Å². The van der Waals surface area contributed by atoms with E-state index in [0.717, 1.165) is 22.5 Å². The summed E-state index contributed by atoms with van der Waals surface area (Å²) in [6.07, 6.45) is -1.54. The third-order valence-electron chi connectivity index (χ3n) is 4.82. The zero-order chi connectivity index (χ0) is 19.5. The second-order valence-electron chi connectivity index (χ2n) is 6.80. The molecule has 0 unspecified atom stereocenters. The van der Waals surface area contributed by atoms with E-state index in [-0.39, 0.29) is 6.61 Å². The Morgan fingerprint density at radius 1 is 1.14 bits per heavy atom. The zero-order valence-corrected chi connectivity index (χ0v) is 15.9. The molecule has 4 rings (SSSR count). The van der Waals surface area contributed by atoms with Gasteiger partial charge in [0, 0.05) is 31.8 Å². The van der Waals surface area contributed by atoms with Crippen molar-refractivity contribution >= 4 is 11.0 Å². The summed E-state index contributed by atoms with van der Waals surface area (Å²) in [4.78, 5) is 14.1. The van der Waals surface area contributed by atoms with Crippen LogP contribution in [0.1, 0.15) is 11.5 Å². The first-order valence-corrected chi connectivity index (χ1v) is 9.15. The maximum Gasteiger partial charge on any atom is 0.213 e. The van der Waals surface area contributed by atoms with Crippen LogP contribution in [0, 0.1) is 0 Å². The number of halogens is 1. The van der Waals surface area contributed by atoms with Gasteiger partial charge in [0.2, 0.25) is 5.88 Å². The van der Waals surface area contributed by atoms with Crippen molar-refractivity contribution in [2.24, 2.45) is 0 Å². The van der Waals surface area contributed by atoms with Gasteiger partial charge < -0.3 is 19.2 Å². The molecular weight excluding hydrogens is 363 g/mol. The van der Waals surface area contributed by atoms with Gasteiger partial charge in [-0.3, -0.25) is 4.90 Å². The minimum Gasteiger partial charge on any atom is -0.497 e. The van der Waals surface area contributed by atoms with Gasteiger partial charge in [0.15, 0.2) is 0 Å². The molecular formula is C20H23FN4O3. The fraction of sp³-hybridized carbons (Fsp3) is 0.400. The molecule has 0 aliphatic carbocycles. The van der Waals surface area contributed by atoms with E-state index in [2.05, 4.69) is 15.0 Å². The van der Waals surface area contributed by atoms with Crippen LogP contribution < -0.4 is 9.47 Å². The molecule has 1 fully saturated rings. The molecule has 7 nitrogen and oxygen atoms in total. The van der Waals surface area contributed by atoms with E-state index in [4.69, 9.17) is 14.2 Å². The van der Waals surface area contributed by atoms with Gasteiger partial charge in [0.05, 0.1) is 30.9 Å². The van der Waals surface area contributed by atoms with Crippen LogP contribution in [-0.2, 0) is 17.9 Å². The number of imidazole rings is 1. The van der Waals surface area contributed by atoms with Gasteiger partial charge in [-0.1, -0.05) is 6.07 Å². The summed E-state index contributed by atoms with van der Waals surface area (Å²) < 4.78 is 30.6. The number of aromatic amines is 1. The van der Waals surface area contributed by atoms with Gasteiger partial charge >= 0.3 is 0 Å². The highest BCUT2D eigenvalue weighted by molar-refractivity contribution is 5.76. The normalized spacial score (nSPS) is 20.0. The van der Waals surface area contributed by atoms with Gasteiger partial charge in [-0.25, -0.2) is 14.4 Å². The van der Waals surface area contributed by atoms with E-state index >= 15 is 0 Å². The number of hydrogen-bond donors (Lipinski definition) is 1. The fourth-order valence-electron chi connectivity index (χ4n) is 3.41. The molecule has 0 spiro atoms. The van der Waals surface area contributed by atoms with E-state index in [1.54, 1.807) is 20.3 Å². The second kappa shape index (κ2) is 8.12. The number of rotatable bonds is 7. The molecule has 1 aliphatic rings. The lowest BCUT2D eigenvalue weighted by atomic mass is 10.3. The number of pyridine rings is 1. The average molecular weight is 386 g/mol. The minimum atomic E-state index is -1.05. The molecule has 3 aromatic rings. The molecule has 1 N–H and O–H groups in total. The van der Waals surface area contributed by atoms with Crippen LogP contribution in [0.5, 0.6) is 11.6 Å². The first-order valence-electron chi connectivity index (χ1n) is 9.15. The highest BCUT2D eigenvalue weighted by Crippen LogP contribution is 2.22. The second-order valence-corrected chi connectivity index (χ2v) is 6.80. The van der Waals surface area contributed by atoms with Gasteiger partial charge in [-0.2, -0.15) is 0 Å². The molecule has 2 aromatic heterocycles. The molecule has 8 heteroatoms. The molecule has 0 amide bonds. The summed E-state index contributed by atoms with van der Waals surface area (Å²) >= 11 is 0. The lowest BCUT2D eigenvalue weighted by Crippen LogP contribution is -2.24. The maximum absolute atomic E-state index is 14.4. The van der Waals surface area contributed by atoms with Gasteiger partial charge in [0.25, 0.3) is 0 Å². The molecule has 0 radical (unpaired) electrons. The summed E-state index contributed by atoms with van der Waals surface area (Å²) in [5.74, 6) is 1.98. The minimum absolute atomic E-state index is 0.229. The molecule has 1 saturated heterocycles. The first kappa shape index (κ1) is 18.6. The SMILES string of the molecule is COc1ccc2nc(CO[C@H]3CN(Cc4cccc(OC)n4)C[C@H]3F)[nH]c2c1. The Hall–Kier alpha value is -2.71. The van der Waals surface area contributed by atoms with Gasteiger partial charge in [-0.15, -0.1) is 0 Å². The molecule has 1 aromatic carbocycles. The number of likely N-dealkylation sites (tertiary alicyclic amines) is 1. The Kier molecular flexibility index (Phi) is 5.40. The van der Waals surface area contributed by atoms with Crippen LogP contribution >= 0.6 is 0 Å². The van der Waals surface area contributed by atoms with Crippen molar-refractivity contribution in [2.75, 3.05) is 27.3 Å². The third kappa shape index (κ3) is 4.07. The summed E-state index contributed by atoms with van der Waals surface area (Å²) in [6, 6.07) is 11.2. The molecule has 0 bridgehead atoms. The summed E-state index contributed by atoms with van der Waals surface area (Å²) in [5, 5.41) is 0. The topological polar surface area (TPSA) is 72.5 Å². The number of alkyl halides is 1. The molecule has 28 heavy (non-hydrogen) atoms. The molecule has 2 atom stereocenters. The molecule has 3 heterocycles. The highest BCUT2D eigenvalue weighted by Gasteiger charge is 2.34. The van der Waals surface area contributed by atoms with Crippen LogP contribution in [0.4, 0.5) is 4.39 Å². The van der Waals surface area contributed by atoms with E-state index in [9.17, 15) is 4.39 Å². The third-order valence-corrected chi connectivity index (χ3v) is 4.82. The number of nitrogens with one attached hydrogen (secondary N) is 1. The molecule has 0 saturated carbocycles. The van der Waals surface area contributed by atoms with Crippen molar-refractivity contribution in [2.45, 2.75) is 25.4 Å². The van der Waals surface area contributed by atoms with Crippen molar-refractivity contribution < 1.29 is 18.6 Å². The Labute approximate surface area is 162 Å². The zero-order valence-electron chi connectivity index (χ0n) is 15.9. The number of ether oxygens (including phenoxy) is 3. The van der Waals surface area contributed by atoms with Crippen LogP contribution in [0.2, 0.25) is 0 Å². The number of hydrogen-bond acceptors (Lipinski definition) is 6. The summed E-state index contributed by atoms with van der Waals surface area (Å²) in [6.45, 7) is 1.62. The summed E-state index contributed by atoms with van der Waals surface area (Å²) in [7, 11) is 3.20. The Balaban J connectivity index is 1.35. The lowest BCUT2D eigenvalue weighted by Gasteiger charge is -2.15. The number of fused-ring (bicyclic) bond motifs is 1. The largest absolute Gasteiger partial charge is 0.497 e. The van der Waals surface area contributed by atoms with Crippen molar-refractivity contribution in [3.05, 3.63) is 47.9 Å². The number of nitrogens with zero attached hydrogens (tertiary/aromatic N) is 3. The van der Waals surface area contributed by atoms with Gasteiger partial charge in [0.1, 0.15) is 30.5 Å². The van der Waals surface area contributed by atoms with Crippen LogP contribution in [0.25, 0.3) is 11.0 Å². The van der Waals surface area contributed by atoms with Gasteiger partial charge in [-0.05, 0) is 18.2 Å². The van der Waals surface area contributed by atoms with E-state index in [1.807, 2.05) is 35.2 Å². The van der Waals surface area contributed by atoms with Crippen molar-refractivity contribution in [1.29, 1.82) is 0 Å². The van der Waals surface area contributed by atoms with Crippen LogP contribution in [0.15, 0.2) is 36.4 Å². The smallest absolute Gasteiger partial charge is 0.213 e.